The van der Waals surface area contributed by atoms with Crippen molar-refractivity contribution < 1.29 is 51.6 Å². The predicted octanol–water partition coefficient (Wildman–Crippen LogP) is 0.929. The number of carbonyl (C=O) groups is 3. The van der Waals surface area contributed by atoms with Crippen LogP contribution >= 0.6 is 15.9 Å². The fourth-order valence-corrected chi connectivity index (χ4v) is 1.07. The van der Waals surface area contributed by atoms with Crippen LogP contribution in [0.5, 0.6) is 0 Å². The summed E-state index contributed by atoms with van der Waals surface area (Å²) in [5, 5.41) is 7.79. The molecule has 182 valence electrons. The molecule has 0 radical (unpaired) electrons. The first-order valence-corrected chi connectivity index (χ1v) is 10.00. The van der Waals surface area contributed by atoms with Crippen LogP contribution in [0.3, 0.4) is 0 Å². The molecule has 0 aliphatic carbocycles. The fraction of sp³-hybridized carbons (Fsp3) is 0.824. The number of nitrogens with two attached hydrogens (primary N) is 1. The molecule has 0 saturated heterocycles. The smallest absolute Gasteiger partial charge is 0.332 e. The zero-order chi connectivity index (χ0) is 24.0. The van der Waals surface area contributed by atoms with E-state index in [0.29, 0.717) is 18.5 Å². The Morgan fingerprint density at radius 2 is 1.30 bits per heavy atom. The Bertz CT molecular complexity index is 381. The van der Waals surface area contributed by atoms with Crippen LogP contribution in [0.2, 0.25) is 0 Å². The van der Waals surface area contributed by atoms with E-state index in [2.05, 4.69) is 34.9 Å². The van der Waals surface area contributed by atoms with Gasteiger partial charge in [-0.05, 0) is 13.8 Å². The molecule has 0 atom stereocenters. The number of ketones is 1. The first-order chi connectivity index (χ1) is 14.3. The predicted molar refractivity (Wildman–Crippen MR) is 108 cm³/mol. The zero-order valence-electron chi connectivity index (χ0n) is 17.4. The summed E-state index contributed by atoms with van der Waals surface area (Å²) in [5.74, 6) is -0.859. The molecular weight excluding hydrogens is 483 g/mol. The minimum atomic E-state index is -0.625. The van der Waals surface area contributed by atoms with Crippen LogP contribution < -0.4 is 5.73 Å². The van der Waals surface area contributed by atoms with E-state index in [1.807, 2.05) is 0 Å². The van der Waals surface area contributed by atoms with Crippen molar-refractivity contribution in [2.45, 2.75) is 13.8 Å². The van der Waals surface area contributed by atoms with Gasteiger partial charge in [-0.15, -0.1) is 0 Å². The van der Waals surface area contributed by atoms with Crippen molar-refractivity contribution in [1.29, 1.82) is 0 Å². The maximum absolute atomic E-state index is 11.4. The van der Waals surface area contributed by atoms with E-state index in [0.717, 1.165) is 0 Å². The number of rotatable bonds is 13. The topological polar surface area (TPSA) is 134 Å². The molecule has 0 spiro atoms. The molecule has 0 fully saturated rings. The van der Waals surface area contributed by atoms with E-state index in [1.54, 1.807) is 13.8 Å². The number of ether oxygens (including phenoxy) is 4. The first-order valence-electron chi connectivity index (χ1n) is 8.87. The van der Waals surface area contributed by atoms with Gasteiger partial charge in [0.2, 0.25) is 0 Å². The molecule has 9 nitrogen and oxygen atoms in total. The van der Waals surface area contributed by atoms with Crippen LogP contribution in [0.4, 0.5) is 13.2 Å². The maximum atomic E-state index is 11.4. The van der Waals surface area contributed by atoms with Gasteiger partial charge in [0.1, 0.15) is 38.6 Å². The summed E-state index contributed by atoms with van der Waals surface area (Å²) in [6.07, 6.45) is 0. The van der Waals surface area contributed by atoms with Gasteiger partial charge in [-0.25, -0.2) is 18.0 Å². The number of hydrogen-bond donors (Lipinski definition) is 2. The highest BCUT2D eigenvalue weighted by Crippen LogP contribution is 1.83. The largest absolute Gasteiger partial charge is 0.465 e. The second kappa shape index (κ2) is 35.2. The molecule has 0 bridgehead atoms. The molecule has 0 aliphatic rings. The van der Waals surface area contributed by atoms with Crippen LogP contribution in [0.1, 0.15) is 13.8 Å². The van der Waals surface area contributed by atoms with Crippen LogP contribution in [0.15, 0.2) is 0 Å². The SMILES string of the molecule is CCOC(=O)CBr.CCOC(=O)COCCF.NCC(=O)COCCF.OCCF. The molecule has 0 aromatic heterocycles. The molecule has 0 heterocycles. The zero-order valence-corrected chi connectivity index (χ0v) is 19.0. The minimum Gasteiger partial charge on any atom is -0.465 e. The van der Waals surface area contributed by atoms with E-state index in [4.69, 9.17) is 10.8 Å². The third kappa shape index (κ3) is 45.5. The standard InChI is InChI=1S/C6H11FO3.C5H10FNO2.C4H7BrO2.C2H5FO/c1-2-10-6(8)5-9-4-3-7;6-1-2-9-4-5(8)3-7;1-2-7-4(6)3-5;3-1-2-4/h2-5H2,1H3;1-4,7H2;2-3H2,1H3;4H,1-2H2. The van der Waals surface area contributed by atoms with Gasteiger partial charge in [0, 0.05) is 0 Å². The van der Waals surface area contributed by atoms with Crippen molar-refractivity contribution in [2.24, 2.45) is 5.73 Å². The maximum Gasteiger partial charge on any atom is 0.332 e. The van der Waals surface area contributed by atoms with E-state index < -0.39 is 26.0 Å². The average molecular weight is 516 g/mol. The summed E-state index contributed by atoms with van der Waals surface area (Å²) < 4.78 is 51.2. The van der Waals surface area contributed by atoms with E-state index in [1.165, 1.54) is 0 Å². The van der Waals surface area contributed by atoms with Crippen LogP contribution in [0, 0.1) is 0 Å². The fourth-order valence-electron chi connectivity index (χ4n) is 0.912. The monoisotopic (exact) mass is 515 g/mol. The van der Waals surface area contributed by atoms with E-state index in [9.17, 15) is 27.6 Å². The first kappa shape index (κ1) is 36.1. The highest BCUT2D eigenvalue weighted by molar-refractivity contribution is 9.09. The molecule has 0 aromatic rings. The highest BCUT2D eigenvalue weighted by atomic mass is 79.9. The van der Waals surface area contributed by atoms with Crippen molar-refractivity contribution in [2.75, 3.05) is 78.1 Å². The third-order valence-electron chi connectivity index (χ3n) is 1.96. The number of alkyl halides is 4. The van der Waals surface area contributed by atoms with Crippen molar-refractivity contribution in [3.05, 3.63) is 0 Å². The van der Waals surface area contributed by atoms with Gasteiger partial charge in [0.05, 0.1) is 39.6 Å². The Balaban J connectivity index is -0.000000157. The van der Waals surface area contributed by atoms with E-state index in [-0.39, 0.29) is 51.3 Å². The Morgan fingerprint density at radius 3 is 1.60 bits per heavy atom. The lowest BCUT2D eigenvalue weighted by atomic mass is 10.4. The van der Waals surface area contributed by atoms with Gasteiger partial charge >= 0.3 is 11.9 Å². The highest BCUT2D eigenvalue weighted by Gasteiger charge is 1.99. The number of aliphatic hydroxyl groups is 1. The lowest BCUT2D eigenvalue weighted by Gasteiger charge is -2.00. The van der Waals surface area contributed by atoms with Crippen LogP contribution in [0.25, 0.3) is 0 Å². The van der Waals surface area contributed by atoms with Gasteiger partial charge in [-0.2, -0.15) is 0 Å². The number of aliphatic hydroxyl groups excluding tert-OH is 1. The number of esters is 2. The lowest BCUT2D eigenvalue weighted by molar-refractivity contribution is -0.148. The van der Waals surface area contributed by atoms with Gasteiger partial charge in [-0.1, -0.05) is 15.9 Å². The normalized spacial score (nSPS) is 8.93. The molecule has 3 N–H and O–H groups in total. The number of halogens is 4. The second-order valence-corrected chi connectivity index (χ2v) is 4.94. The Labute approximate surface area is 183 Å². The third-order valence-corrected chi connectivity index (χ3v) is 2.42. The number of Topliss-reactive ketones (excluding diaryl/α,β-unsaturated/α-hetero) is 1. The molecule has 0 aromatic carbocycles. The van der Waals surface area contributed by atoms with Crippen molar-refractivity contribution in [3.8, 4) is 0 Å². The Hall–Kier alpha value is -1.28. The summed E-state index contributed by atoms with van der Waals surface area (Å²) in [7, 11) is 0. The Morgan fingerprint density at radius 1 is 0.867 bits per heavy atom. The van der Waals surface area contributed by atoms with Gasteiger partial charge in [0.25, 0.3) is 0 Å². The molecule has 0 saturated carbocycles. The van der Waals surface area contributed by atoms with Crippen LogP contribution in [-0.2, 0) is 33.3 Å². The molecule has 13 heteroatoms. The van der Waals surface area contributed by atoms with Crippen molar-refractivity contribution >= 4 is 33.7 Å². The average Bonchev–Trinajstić information content (AvgIpc) is 2.75. The van der Waals surface area contributed by atoms with Crippen molar-refractivity contribution in [1.82, 2.24) is 0 Å². The molecule has 0 aliphatic heterocycles. The molecule has 0 rings (SSSR count). The molecule has 0 unspecified atom stereocenters. The number of carbonyl (C=O) groups excluding carboxylic acids is 3. The molecule has 30 heavy (non-hydrogen) atoms. The summed E-state index contributed by atoms with van der Waals surface area (Å²) >= 11 is 2.94. The molecular formula is C17H33BrF3NO8. The quantitative estimate of drug-likeness (QED) is 0.208. The van der Waals surface area contributed by atoms with Gasteiger partial charge in [-0.3, -0.25) is 9.59 Å². The van der Waals surface area contributed by atoms with E-state index >= 15 is 0 Å². The Kier molecular flexibility index (Phi) is 42.3. The summed E-state index contributed by atoms with van der Waals surface area (Å²) in [5.41, 5.74) is 4.93. The van der Waals surface area contributed by atoms with Crippen molar-refractivity contribution in [3.63, 3.8) is 0 Å². The second-order valence-electron chi connectivity index (χ2n) is 4.38. The lowest BCUT2D eigenvalue weighted by Crippen LogP contribution is -2.19. The summed E-state index contributed by atoms with van der Waals surface area (Å²) in [4.78, 5) is 30.9. The summed E-state index contributed by atoms with van der Waals surface area (Å²) in [6.45, 7) is 1.85. The van der Waals surface area contributed by atoms with Gasteiger partial charge in [0.15, 0.2) is 5.78 Å². The van der Waals surface area contributed by atoms with Gasteiger partial charge < -0.3 is 29.8 Å². The summed E-state index contributed by atoms with van der Waals surface area (Å²) in [6, 6.07) is 0. The van der Waals surface area contributed by atoms with Crippen LogP contribution in [-0.4, -0.2) is 101 Å². The minimum absolute atomic E-state index is 0.0221. The number of hydrogen-bond acceptors (Lipinski definition) is 9. The molecule has 0 amide bonds.